The van der Waals surface area contributed by atoms with Gasteiger partial charge in [0, 0.05) is 18.9 Å². The molecule has 0 fully saturated rings. The second-order valence-electron chi connectivity index (χ2n) is 6.77. The molecule has 0 spiro atoms. The average molecular weight is 363 g/mol. The van der Waals surface area contributed by atoms with Crippen LogP contribution in [0.4, 0.5) is 0 Å². The molecule has 1 aromatic heterocycles. The number of hydrogen-bond donors (Lipinski definition) is 1. The number of nitrogens with one attached hydrogen (secondary N) is 1. The minimum absolute atomic E-state index is 0.144. The van der Waals surface area contributed by atoms with Crippen LogP contribution in [0.2, 0.25) is 0 Å². The first-order chi connectivity index (χ1) is 13.1. The van der Waals surface area contributed by atoms with Gasteiger partial charge in [-0.15, -0.1) is 0 Å². The zero-order valence-corrected chi connectivity index (χ0v) is 15.9. The van der Waals surface area contributed by atoms with Crippen molar-refractivity contribution in [2.75, 3.05) is 0 Å². The monoisotopic (exact) mass is 363 g/mol. The fourth-order valence-electron chi connectivity index (χ4n) is 2.95. The van der Waals surface area contributed by atoms with Crippen molar-refractivity contribution in [2.24, 2.45) is 0 Å². The number of carbonyl (C=O) groups is 1. The molecule has 0 aliphatic carbocycles. The Labute approximate surface area is 160 Å². The van der Waals surface area contributed by atoms with E-state index in [1.165, 1.54) is 0 Å². The maximum Gasteiger partial charge on any atom is 0.261 e. The Morgan fingerprint density at radius 1 is 1.11 bits per heavy atom. The van der Waals surface area contributed by atoms with Crippen LogP contribution in [-0.2, 0) is 11.3 Å². The SMILES string of the molecule is CC(Oc1ccccc1C(C)C)C(=O)NCc1ccccc1-n1ccnc1. The van der Waals surface area contributed by atoms with Crippen molar-refractivity contribution in [3.8, 4) is 11.4 Å². The van der Waals surface area contributed by atoms with Gasteiger partial charge in [-0.3, -0.25) is 4.79 Å². The van der Waals surface area contributed by atoms with E-state index < -0.39 is 6.10 Å². The molecule has 1 amide bonds. The molecule has 1 atom stereocenters. The van der Waals surface area contributed by atoms with E-state index in [9.17, 15) is 4.79 Å². The summed E-state index contributed by atoms with van der Waals surface area (Å²) >= 11 is 0. The van der Waals surface area contributed by atoms with Crippen molar-refractivity contribution < 1.29 is 9.53 Å². The normalized spacial score (nSPS) is 12.0. The molecule has 3 rings (SSSR count). The number of nitrogens with zero attached hydrogens (tertiary/aromatic N) is 2. The van der Waals surface area contributed by atoms with Crippen LogP contribution in [0.3, 0.4) is 0 Å². The second-order valence-corrected chi connectivity index (χ2v) is 6.77. The third-order valence-corrected chi connectivity index (χ3v) is 4.44. The van der Waals surface area contributed by atoms with Gasteiger partial charge in [0.15, 0.2) is 6.10 Å². The van der Waals surface area contributed by atoms with E-state index in [2.05, 4.69) is 24.1 Å². The molecular formula is C22H25N3O2. The third kappa shape index (κ3) is 4.56. The van der Waals surface area contributed by atoms with Crippen molar-refractivity contribution in [3.63, 3.8) is 0 Å². The number of rotatable bonds is 7. The van der Waals surface area contributed by atoms with Gasteiger partial charge >= 0.3 is 0 Å². The van der Waals surface area contributed by atoms with Crippen LogP contribution in [0, 0.1) is 0 Å². The molecule has 1 N–H and O–H groups in total. The smallest absolute Gasteiger partial charge is 0.261 e. The van der Waals surface area contributed by atoms with Crippen LogP contribution in [0.15, 0.2) is 67.3 Å². The first kappa shape index (κ1) is 18.7. The molecule has 0 saturated heterocycles. The Morgan fingerprint density at radius 2 is 1.85 bits per heavy atom. The number of carbonyl (C=O) groups excluding carboxylic acids is 1. The molecular weight excluding hydrogens is 338 g/mol. The second kappa shape index (κ2) is 8.54. The van der Waals surface area contributed by atoms with Crippen molar-refractivity contribution in [3.05, 3.63) is 78.4 Å². The Morgan fingerprint density at radius 3 is 2.59 bits per heavy atom. The van der Waals surface area contributed by atoms with Gasteiger partial charge in [-0.05, 0) is 36.1 Å². The van der Waals surface area contributed by atoms with Gasteiger partial charge in [0.1, 0.15) is 5.75 Å². The highest BCUT2D eigenvalue weighted by atomic mass is 16.5. The quantitative estimate of drug-likeness (QED) is 0.688. The van der Waals surface area contributed by atoms with Crippen LogP contribution < -0.4 is 10.1 Å². The number of hydrogen-bond acceptors (Lipinski definition) is 3. The Balaban J connectivity index is 1.65. The number of benzene rings is 2. The van der Waals surface area contributed by atoms with Crippen LogP contribution in [0.5, 0.6) is 5.75 Å². The minimum atomic E-state index is -0.578. The molecule has 1 unspecified atom stereocenters. The van der Waals surface area contributed by atoms with Crippen LogP contribution in [0.25, 0.3) is 5.69 Å². The zero-order chi connectivity index (χ0) is 19.2. The Hall–Kier alpha value is -3.08. The van der Waals surface area contributed by atoms with Crippen LogP contribution >= 0.6 is 0 Å². The van der Waals surface area contributed by atoms with Gasteiger partial charge in [-0.2, -0.15) is 0 Å². The summed E-state index contributed by atoms with van der Waals surface area (Å²) in [5.41, 5.74) is 3.11. The van der Waals surface area contributed by atoms with Gasteiger partial charge < -0.3 is 14.6 Å². The van der Waals surface area contributed by atoms with Gasteiger partial charge in [0.05, 0.1) is 12.0 Å². The molecule has 140 valence electrons. The molecule has 5 nitrogen and oxygen atoms in total. The topological polar surface area (TPSA) is 56.1 Å². The zero-order valence-electron chi connectivity index (χ0n) is 15.9. The molecule has 2 aromatic carbocycles. The van der Waals surface area contributed by atoms with Gasteiger partial charge in [0.2, 0.25) is 0 Å². The Kier molecular flexibility index (Phi) is 5.91. The summed E-state index contributed by atoms with van der Waals surface area (Å²) in [6.45, 7) is 6.42. The summed E-state index contributed by atoms with van der Waals surface area (Å²) in [5.74, 6) is 0.946. The molecule has 0 aliphatic rings. The first-order valence-corrected chi connectivity index (χ1v) is 9.15. The molecule has 3 aromatic rings. The maximum absolute atomic E-state index is 12.5. The predicted octanol–water partition coefficient (Wildman–Crippen LogP) is 4.08. The maximum atomic E-state index is 12.5. The fourth-order valence-corrected chi connectivity index (χ4v) is 2.95. The molecule has 0 saturated carbocycles. The lowest BCUT2D eigenvalue weighted by Crippen LogP contribution is -2.36. The van der Waals surface area contributed by atoms with Crippen LogP contribution in [-0.4, -0.2) is 21.6 Å². The summed E-state index contributed by atoms with van der Waals surface area (Å²) in [6, 6.07) is 15.8. The van der Waals surface area contributed by atoms with Crippen molar-refractivity contribution in [2.45, 2.75) is 39.3 Å². The van der Waals surface area contributed by atoms with E-state index in [0.29, 0.717) is 12.5 Å². The minimum Gasteiger partial charge on any atom is -0.481 e. The van der Waals surface area contributed by atoms with Gasteiger partial charge in [-0.1, -0.05) is 50.2 Å². The van der Waals surface area contributed by atoms with E-state index in [0.717, 1.165) is 22.6 Å². The molecule has 0 aliphatic heterocycles. The lowest BCUT2D eigenvalue weighted by atomic mass is 10.0. The predicted molar refractivity (Wildman–Crippen MR) is 106 cm³/mol. The molecule has 27 heavy (non-hydrogen) atoms. The van der Waals surface area contributed by atoms with Crippen LogP contribution in [0.1, 0.15) is 37.8 Å². The average Bonchev–Trinajstić information content (AvgIpc) is 3.21. The van der Waals surface area contributed by atoms with Crippen molar-refractivity contribution in [1.82, 2.24) is 14.9 Å². The van der Waals surface area contributed by atoms with Crippen molar-refractivity contribution >= 4 is 5.91 Å². The largest absolute Gasteiger partial charge is 0.481 e. The van der Waals surface area contributed by atoms with E-state index in [4.69, 9.17) is 4.74 Å². The lowest BCUT2D eigenvalue weighted by Gasteiger charge is -2.19. The molecule has 0 bridgehead atoms. The third-order valence-electron chi connectivity index (χ3n) is 4.44. The number of imidazole rings is 1. The highest BCUT2D eigenvalue weighted by molar-refractivity contribution is 5.80. The summed E-state index contributed by atoms with van der Waals surface area (Å²) in [4.78, 5) is 16.6. The fraction of sp³-hybridized carbons (Fsp3) is 0.273. The Bertz CT molecular complexity index is 888. The molecule has 1 heterocycles. The lowest BCUT2D eigenvalue weighted by molar-refractivity contribution is -0.127. The number of aromatic nitrogens is 2. The first-order valence-electron chi connectivity index (χ1n) is 9.15. The highest BCUT2D eigenvalue weighted by Gasteiger charge is 2.17. The summed E-state index contributed by atoms with van der Waals surface area (Å²) < 4.78 is 7.86. The summed E-state index contributed by atoms with van der Waals surface area (Å²) in [6.07, 6.45) is 4.78. The highest BCUT2D eigenvalue weighted by Crippen LogP contribution is 2.26. The summed E-state index contributed by atoms with van der Waals surface area (Å²) in [5, 5.41) is 2.97. The van der Waals surface area contributed by atoms with Crippen molar-refractivity contribution in [1.29, 1.82) is 0 Å². The standard InChI is InChI=1S/C22H25N3O2/c1-16(2)19-9-5-7-11-21(19)27-17(3)22(26)24-14-18-8-4-6-10-20(18)25-13-12-23-15-25/h4-13,15-17H,14H2,1-3H3,(H,24,26). The van der Waals surface area contributed by atoms with E-state index in [1.54, 1.807) is 19.4 Å². The van der Waals surface area contributed by atoms with E-state index in [-0.39, 0.29) is 5.91 Å². The number of ether oxygens (including phenoxy) is 1. The molecule has 5 heteroatoms. The van der Waals surface area contributed by atoms with Gasteiger partial charge in [0.25, 0.3) is 5.91 Å². The van der Waals surface area contributed by atoms with E-state index >= 15 is 0 Å². The van der Waals surface area contributed by atoms with E-state index in [1.807, 2.05) is 59.3 Å². The number of para-hydroxylation sites is 2. The number of amides is 1. The van der Waals surface area contributed by atoms with Gasteiger partial charge in [-0.25, -0.2) is 4.98 Å². The summed E-state index contributed by atoms with van der Waals surface area (Å²) in [7, 11) is 0. The molecule has 0 radical (unpaired) electrons.